The molecule has 2 aliphatic heterocycles. The van der Waals surface area contributed by atoms with E-state index in [0.717, 1.165) is 38.2 Å². The van der Waals surface area contributed by atoms with Gasteiger partial charge in [0.05, 0.1) is 23.5 Å². The molecule has 0 radical (unpaired) electrons. The molecule has 16 heteroatoms. The Hall–Kier alpha value is -3.79. The number of carboxylic acids is 2. The second-order valence-corrected chi connectivity index (χ2v) is 8.92. The van der Waals surface area contributed by atoms with Crippen molar-refractivity contribution in [3.63, 3.8) is 0 Å². The van der Waals surface area contributed by atoms with Gasteiger partial charge < -0.3 is 20.3 Å². The fourth-order valence-electron chi connectivity index (χ4n) is 3.77. The number of pyridine rings is 2. The quantitative estimate of drug-likeness (QED) is 0.455. The predicted molar refractivity (Wildman–Crippen MR) is 125 cm³/mol. The molecule has 2 fully saturated rings. The molecule has 1 atom stereocenters. The summed E-state index contributed by atoms with van der Waals surface area (Å²) in [7, 11) is 0. The lowest BCUT2D eigenvalue weighted by molar-refractivity contribution is -0.193. The van der Waals surface area contributed by atoms with Crippen molar-refractivity contribution in [1.29, 1.82) is 0 Å². The average Bonchev–Trinajstić information content (AvgIpc) is 2.88. The van der Waals surface area contributed by atoms with E-state index in [1.54, 1.807) is 24.5 Å². The van der Waals surface area contributed by atoms with Crippen LogP contribution in [0.2, 0.25) is 0 Å². The Bertz CT molecular complexity index is 1080. The van der Waals surface area contributed by atoms with E-state index >= 15 is 0 Å². The van der Waals surface area contributed by atoms with Crippen LogP contribution in [-0.4, -0.2) is 87.1 Å². The lowest BCUT2D eigenvalue weighted by Gasteiger charge is -2.52. The molecule has 220 valence electrons. The first kappa shape index (κ1) is 32.4. The Balaban J connectivity index is 0.000000333. The van der Waals surface area contributed by atoms with Crippen LogP contribution >= 0.6 is 0 Å². The number of aliphatic carboxylic acids is 2. The van der Waals surface area contributed by atoms with Gasteiger partial charge in [0.1, 0.15) is 0 Å². The number of nitrogens with zero attached hydrogens (tertiary/aromatic N) is 3. The van der Waals surface area contributed by atoms with E-state index in [1.807, 2.05) is 18.3 Å². The summed E-state index contributed by atoms with van der Waals surface area (Å²) in [4.78, 5) is 40.6. The van der Waals surface area contributed by atoms with E-state index in [2.05, 4.69) is 26.3 Å². The van der Waals surface area contributed by atoms with Crippen LogP contribution in [0.1, 0.15) is 28.9 Å². The molecular formula is C24H26F6N4O6. The number of hydrogen-bond donors (Lipinski definition) is 3. The molecule has 1 unspecified atom stereocenters. The van der Waals surface area contributed by atoms with Gasteiger partial charge in [-0.15, -0.1) is 0 Å². The summed E-state index contributed by atoms with van der Waals surface area (Å²) in [5, 5.41) is 17.2. The summed E-state index contributed by atoms with van der Waals surface area (Å²) >= 11 is 0. The molecule has 3 N–H and O–H groups in total. The van der Waals surface area contributed by atoms with Gasteiger partial charge in [-0.3, -0.25) is 19.7 Å². The highest BCUT2D eigenvalue weighted by Gasteiger charge is 2.46. The van der Waals surface area contributed by atoms with Gasteiger partial charge in [-0.1, -0.05) is 6.07 Å². The zero-order valence-corrected chi connectivity index (χ0v) is 20.8. The predicted octanol–water partition coefficient (Wildman–Crippen LogP) is 3.15. The zero-order chi connectivity index (χ0) is 30.0. The van der Waals surface area contributed by atoms with Crippen LogP contribution in [-0.2, 0) is 20.9 Å². The number of rotatable bonds is 5. The van der Waals surface area contributed by atoms with E-state index in [1.165, 1.54) is 0 Å². The van der Waals surface area contributed by atoms with Crippen LogP contribution in [0.3, 0.4) is 0 Å². The summed E-state index contributed by atoms with van der Waals surface area (Å²) in [5.74, 6) is -5.20. The van der Waals surface area contributed by atoms with Crippen molar-refractivity contribution >= 4 is 17.8 Å². The van der Waals surface area contributed by atoms with Crippen molar-refractivity contribution in [3.05, 3.63) is 60.2 Å². The molecule has 2 aliphatic rings. The van der Waals surface area contributed by atoms with Crippen LogP contribution in [0.25, 0.3) is 0 Å². The van der Waals surface area contributed by atoms with Crippen LogP contribution in [0.5, 0.6) is 0 Å². The number of carbonyl (C=O) groups is 3. The van der Waals surface area contributed by atoms with E-state index in [9.17, 15) is 31.1 Å². The third-order valence-corrected chi connectivity index (χ3v) is 5.73. The molecule has 2 saturated heterocycles. The maximum atomic E-state index is 12.1. The van der Waals surface area contributed by atoms with Crippen LogP contribution < -0.4 is 5.32 Å². The molecule has 4 heterocycles. The number of carboxylic acid groups (broad SMARTS) is 2. The van der Waals surface area contributed by atoms with Crippen molar-refractivity contribution in [2.24, 2.45) is 5.92 Å². The molecular weight excluding hydrogens is 554 g/mol. The number of hydrogen-bond acceptors (Lipinski definition) is 7. The summed E-state index contributed by atoms with van der Waals surface area (Å²) < 4.78 is 69.7. The van der Waals surface area contributed by atoms with Crippen LogP contribution in [0.15, 0.2) is 48.9 Å². The number of amides is 1. The first-order valence-corrected chi connectivity index (χ1v) is 11.7. The van der Waals surface area contributed by atoms with E-state index < -0.39 is 24.3 Å². The molecule has 10 nitrogen and oxygen atoms in total. The third kappa shape index (κ3) is 10.8. The van der Waals surface area contributed by atoms with Gasteiger partial charge in [0, 0.05) is 44.8 Å². The summed E-state index contributed by atoms with van der Waals surface area (Å²) in [5.41, 5.74) is 1.72. The van der Waals surface area contributed by atoms with Gasteiger partial charge in [0.15, 0.2) is 0 Å². The second kappa shape index (κ2) is 14.0. The first-order valence-electron chi connectivity index (χ1n) is 11.7. The Morgan fingerprint density at radius 2 is 1.62 bits per heavy atom. The SMILES string of the molecule is O=C(NCC1CCC2(CN(Cc3ccccn3)C2)OC1)c1cccnc1.O=C(O)C(F)(F)F.O=C(O)C(F)(F)F. The lowest BCUT2D eigenvalue weighted by Crippen LogP contribution is -2.64. The van der Waals surface area contributed by atoms with Crippen molar-refractivity contribution in [2.75, 3.05) is 26.2 Å². The molecule has 2 aromatic rings. The Kier molecular flexibility index (Phi) is 11.4. The molecule has 2 aromatic heterocycles. The van der Waals surface area contributed by atoms with Crippen molar-refractivity contribution in [3.8, 4) is 0 Å². The summed E-state index contributed by atoms with van der Waals surface area (Å²) in [6, 6.07) is 9.58. The number of carbonyl (C=O) groups excluding carboxylic acids is 1. The molecule has 4 rings (SSSR count). The van der Waals surface area contributed by atoms with E-state index in [4.69, 9.17) is 24.5 Å². The van der Waals surface area contributed by atoms with Crippen LogP contribution in [0.4, 0.5) is 26.3 Å². The van der Waals surface area contributed by atoms with E-state index in [-0.39, 0.29) is 11.5 Å². The fourth-order valence-corrected chi connectivity index (χ4v) is 3.77. The summed E-state index contributed by atoms with van der Waals surface area (Å²) in [6.45, 7) is 4.19. The van der Waals surface area contributed by atoms with Crippen LogP contribution in [0, 0.1) is 5.92 Å². The van der Waals surface area contributed by atoms with Gasteiger partial charge in [-0.05, 0) is 43.0 Å². The third-order valence-electron chi connectivity index (χ3n) is 5.73. The number of likely N-dealkylation sites (tertiary alicyclic amines) is 1. The van der Waals surface area contributed by atoms with Crippen molar-refractivity contribution < 1.29 is 55.7 Å². The number of aromatic nitrogens is 2. The molecule has 0 aromatic carbocycles. The molecule has 40 heavy (non-hydrogen) atoms. The maximum Gasteiger partial charge on any atom is 0.490 e. The number of nitrogens with one attached hydrogen (secondary N) is 1. The number of halogens is 6. The molecule has 1 spiro atoms. The van der Waals surface area contributed by atoms with E-state index in [0.29, 0.717) is 24.6 Å². The summed E-state index contributed by atoms with van der Waals surface area (Å²) in [6.07, 6.45) is -2.93. The van der Waals surface area contributed by atoms with Gasteiger partial charge >= 0.3 is 24.3 Å². The largest absolute Gasteiger partial charge is 0.490 e. The monoisotopic (exact) mass is 580 g/mol. The minimum atomic E-state index is -5.08. The number of alkyl halides is 6. The van der Waals surface area contributed by atoms with Gasteiger partial charge in [0.2, 0.25) is 0 Å². The topological polar surface area (TPSA) is 142 Å². The highest BCUT2D eigenvalue weighted by molar-refractivity contribution is 5.93. The Labute approximate surface area is 224 Å². The Morgan fingerprint density at radius 1 is 1.00 bits per heavy atom. The smallest absolute Gasteiger partial charge is 0.475 e. The molecule has 0 bridgehead atoms. The molecule has 1 amide bonds. The van der Waals surface area contributed by atoms with Gasteiger partial charge in [0.25, 0.3) is 5.91 Å². The molecule has 0 aliphatic carbocycles. The highest BCUT2D eigenvalue weighted by Crippen LogP contribution is 2.36. The minimum absolute atomic E-state index is 0.0125. The van der Waals surface area contributed by atoms with Gasteiger partial charge in [-0.25, -0.2) is 9.59 Å². The minimum Gasteiger partial charge on any atom is -0.475 e. The maximum absolute atomic E-state index is 12.1. The lowest BCUT2D eigenvalue weighted by atomic mass is 9.83. The van der Waals surface area contributed by atoms with Crippen molar-refractivity contribution in [2.45, 2.75) is 37.3 Å². The standard InChI is InChI=1S/C20H24N4O2.2C2HF3O2/c25-19(17-4-3-8-21-11-17)23-10-16-6-7-20(26-13-16)14-24(15-20)12-18-5-1-2-9-22-18;2*3-2(4,5)1(6)7/h1-5,8-9,11,16H,6-7,10,12-15H2,(H,23,25);2*(H,6,7). The number of ether oxygens (including phenoxy) is 1. The van der Waals surface area contributed by atoms with Crippen molar-refractivity contribution in [1.82, 2.24) is 20.2 Å². The average molecular weight is 580 g/mol. The molecule has 0 saturated carbocycles. The Morgan fingerprint density at radius 3 is 2.08 bits per heavy atom. The fraction of sp³-hybridized carbons (Fsp3) is 0.458. The first-order chi connectivity index (χ1) is 18.6. The zero-order valence-electron chi connectivity index (χ0n) is 20.8. The highest BCUT2D eigenvalue weighted by atomic mass is 19.4. The second-order valence-electron chi connectivity index (χ2n) is 8.92. The normalized spacial score (nSPS) is 18.2. The van der Waals surface area contributed by atoms with Gasteiger partial charge in [-0.2, -0.15) is 26.3 Å².